The molecule has 2 unspecified atom stereocenters. The summed E-state index contributed by atoms with van der Waals surface area (Å²) in [6, 6.07) is 1.48. The Morgan fingerprint density at radius 2 is 1.69 bits per heavy atom. The van der Waals surface area contributed by atoms with Crippen molar-refractivity contribution < 1.29 is 28.9 Å². The Morgan fingerprint density at radius 3 is 2.06 bits per heavy atom. The van der Waals surface area contributed by atoms with Gasteiger partial charge in [0.15, 0.2) is 6.10 Å². The third-order valence-corrected chi connectivity index (χ3v) is 2.66. The van der Waals surface area contributed by atoms with Crippen LogP contribution in [0.25, 0.3) is 0 Å². The van der Waals surface area contributed by atoms with Crippen molar-refractivity contribution in [3.05, 3.63) is 33.8 Å². The fourth-order valence-corrected chi connectivity index (χ4v) is 1.29. The van der Waals surface area contributed by atoms with Gasteiger partial charge in [0.2, 0.25) is 0 Å². The zero-order chi connectivity index (χ0) is 12.5. The molecule has 3 N–H and O–H groups in total. The summed E-state index contributed by atoms with van der Waals surface area (Å²) in [6.07, 6.45) is -4.03. The molecule has 0 radical (unpaired) electrons. The van der Waals surface area contributed by atoms with Gasteiger partial charge in [-0.05, 0) is 33.6 Å². The summed E-state index contributed by atoms with van der Waals surface area (Å²) in [6.45, 7) is 0. The highest BCUT2D eigenvalue weighted by Gasteiger charge is 2.26. The molecule has 1 aromatic carbocycles. The average Bonchev–Trinajstić information content (AvgIpc) is 2.22. The lowest BCUT2D eigenvalue weighted by Crippen LogP contribution is -2.27. The van der Waals surface area contributed by atoms with E-state index in [1.807, 2.05) is 0 Å². The maximum atomic E-state index is 13.0. The zero-order valence-corrected chi connectivity index (χ0v) is 9.28. The Balaban J connectivity index is 3.10. The third kappa shape index (κ3) is 2.55. The molecule has 4 nitrogen and oxygen atoms in total. The SMILES string of the molecule is O=C(O)C(O)C(O)c1cc(F)c(Br)c(F)c1. The highest BCUT2D eigenvalue weighted by atomic mass is 79.9. The third-order valence-electron chi connectivity index (χ3n) is 1.90. The van der Waals surface area contributed by atoms with E-state index in [-0.39, 0.29) is 5.56 Å². The van der Waals surface area contributed by atoms with Crippen LogP contribution in [0.3, 0.4) is 0 Å². The molecule has 7 heteroatoms. The van der Waals surface area contributed by atoms with Crippen LogP contribution in [-0.2, 0) is 4.79 Å². The van der Waals surface area contributed by atoms with Crippen molar-refractivity contribution >= 4 is 21.9 Å². The van der Waals surface area contributed by atoms with Crippen LogP contribution in [0.15, 0.2) is 16.6 Å². The lowest BCUT2D eigenvalue weighted by Gasteiger charge is -2.14. The molecule has 0 aliphatic heterocycles. The van der Waals surface area contributed by atoms with Crippen molar-refractivity contribution in [2.75, 3.05) is 0 Å². The molecular formula is C9H7BrF2O4. The number of carboxylic acid groups (broad SMARTS) is 1. The quantitative estimate of drug-likeness (QED) is 0.733. The van der Waals surface area contributed by atoms with E-state index in [9.17, 15) is 18.7 Å². The Kier molecular flexibility index (Phi) is 3.95. The molecule has 0 aliphatic carbocycles. The second-order valence-electron chi connectivity index (χ2n) is 3.03. The molecule has 16 heavy (non-hydrogen) atoms. The summed E-state index contributed by atoms with van der Waals surface area (Å²) >= 11 is 2.62. The molecule has 0 bridgehead atoms. The first-order chi connectivity index (χ1) is 7.34. The van der Waals surface area contributed by atoms with Gasteiger partial charge in [-0.25, -0.2) is 13.6 Å². The first kappa shape index (κ1) is 13.0. The Labute approximate surface area is 97.3 Å². The topological polar surface area (TPSA) is 77.8 Å². The van der Waals surface area contributed by atoms with Crippen molar-refractivity contribution in [1.29, 1.82) is 0 Å². The van der Waals surface area contributed by atoms with Crippen LogP contribution in [-0.4, -0.2) is 27.4 Å². The number of carbonyl (C=O) groups is 1. The molecule has 2 atom stereocenters. The predicted octanol–water partition coefficient (Wildman–Crippen LogP) is 1.21. The number of hydrogen-bond donors (Lipinski definition) is 3. The smallest absolute Gasteiger partial charge is 0.335 e. The number of aliphatic hydroxyl groups is 2. The van der Waals surface area contributed by atoms with Gasteiger partial charge in [-0.1, -0.05) is 0 Å². The fourth-order valence-electron chi connectivity index (χ4n) is 1.06. The minimum absolute atomic E-state index is 0.354. The van der Waals surface area contributed by atoms with Crippen molar-refractivity contribution in [1.82, 2.24) is 0 Å². The number of benzene rings is 1. The summed E-state index contributed by atoms with van der Waals surface area (Å²) in [5.41, 5.74) is -0.354. The van der Waals surface area contributed by atoms with Gasteiger partial charge < -0.3 is 15.3 Å². The summed E-state index contributed by atoms with van der Waals surface area (Å²) < 4.78 is 25.7. The summed E-state index contributed by atoms with van der Waals surface area (Å²) in [5.74, 6) is -3.67. The maximum Gasteiger partial charge on any atom is 0.335 e. The monoisotopic (exact) mass is 296 g/mol. The molecule has 0 amide bonds. The van der Waals surface area contributed by atoms with Gasteiger partial charge in [-0.2, -0.15) is 0 Å². The highest BCUT2D eigenvalue weighted by Crippen LogP contribution is 2.25. The van der Waals surface area contributed by atoms with Crippen LogP contribution < -0.4 is 0 Å². The van der Waals surface area contributed by atoms with Gasteiger partial charge in [0.05, 0.1) is 4.47 Å². The molecule has 0 aromatic heterocycles. The van der Waals surface area contributed by atoms with E-state index < -0.39 is 34.3 Å². The number of aliphatic carboxylic acids is 1. The standard InChI is InChI=1S/C9H7BrF2O4/c10-6-4(11)1-3(2-5(6)12)7(13)8(14)9(15)16/h1-2,7-8,13-14H,(H,15,16). The number of aliphatic hydroxyl groups excluding tert-OH is 2. The molecule has 0 saturated carbocycles. The van der Waals surface area contributed by atoms with Crippen LogP contribution in [0.4, 0.5) is 8.78 Å². The number of carboxylic acids is 1. The molecule has 1 rings (SSSR count). The summed E-state index contributed by atoms with van der Waals surface area (Å²) in [4.78, 5) is 10.3. The average molecular weight is 297 g/mol. The van der Waals surface area contributed by atoms with Crippen LogP contribution in [0.1, 0.15) is 11.7 Å². The second kappa shape index (κ2) is 4.86. The van der Waals surface area contributed by atoms with E-state index in [0.717, 1.165) is 12.1 Å². The lowest BCUT2D eigenvalue weighted by molar-refractivity contribution is -0.153. The first-order valence-corrected chi connectivity index (χ1v) is 4.87. The Morgan fingerprint density at radius 1 is 1.25 bits per heavy atom. The Hall–Kier alpha value is -1.05. The van der Waals surface area contributed by atoms with Crippen molar-refractivity contribution in [2.45, 2.75) is 12.2 Å². The molecule has 0 saturated heterocycles. The van der Waals surface area contributed by atoms with Gasteiger partial charge in [0.25, 0.3) is 0 Å². The number of halogens is 3. The maximum absolute atomic E-state index is 13.0. The predicted molar refractivity (Wildman–Crippen MR) is 52.7 cm³/mol. The minimum Gasteiger partial charge on any atom is -0.479 e. The molecule has 0 fully saturated rings. The van der Waals surface area contributed by atoms with Crippen molar-refractivity contribution in [3.63, 3.8) is 0 Å². The van der Waals surface area contributed by atoms with Crippen LogP contribution in [0.5, 0.6) is 0 Å². The van der Waals surface area contributed by atoms with Crippen LogP contribution in [0.2, 0.25) is 0 Å². The van der Waals surface area contributed by atoms with E-state index >= 15 is 0 Å². The molecule has 0 aliphatic rings. The van der Waals surface area contributed by atoms with E-state index in [2.05, 4.69) is 15.9 Å². The van der Waals surface area contributed by atoms with Gasteiger partial charge in [0.1, 0.15) is 17.7 Å². The first-order valence-electron chi connectivity index (χ1n) is 4.08. The van der Waals surface area contributed by atoms with Crippen LogP contribution in [0, 0.1) is 11.6 Å². The van der Waals surface area contributed by atoms with Gasteiger partial charge in [-0.15, -0.1) is 0 Å². The Bertz CT molecular complexity index is 401. The number of hydrogen-bond acceptors (Lipinski definition) is 3. The normalized spacial score (nSPS) is 14.6. The largest absolute Gasteiger partial charge is 0.479 e. The van der Waals surface area contributed by atoms with Gasteiger partial charge in [0, 0.05) is 0 Å². The second-order valence-corrected chi connectivity index (χ2v) is 3.82. The fraction of sp³-hybridized carbons (Fsp3) is 0.222. The lowest BCUT2D eigenvalue weighted by atomic mass is 10.0. The molecular weight excluding hydrogens is 290 g/mol. The minimum atomic E-state index is -2.14. The molecule has 1 aromatic rings. The highest BCUT2D eigenvalue weighted by molar-refractivity contribution is 9.10. The van der Waals surface area contributed by atoms with E-state index in [0.29, 0.717) is 0 Å². The summed E-state index contributed by atoms with van der Waals surface area (Å²) in [7, 11) is 0. The van der Waals surface area contributed by atoms with E-state index in [1.165, 1.54) is 0 Å². The van der Waals surface area contributed by atoms with E-state index in [1.54, 1.807) is 0 Å². The van der Waals surface area contributed by atoms with Crippen molar-refractivity contribution in [3.8, 4) is 0 Å². The molecule has 0 spiro atoms. The van der Waals surface area contributed by atoms with Crippen molar-refractivity contribution in [2.24, 2.45) is 0 Å². The van der Waals surface area contributed by atoms with Gasteiger partial charge in [-0.3, -0.25) is 0 Å². The van der Waals surface area contributed by atoms with E-state index in [4.69, 9.17) is 10.2 Å². The number of rotatable bonds is 3. The summed E-state index contributed by atoms with van der Waals surface area (Å²) in [5, 5.41) is 26.7. The molecule has 0 heterocycles. The molecule has 88 valence electrons. The van der Waals surface area contributed by atoms with Gasteiger partial charge >= 0.3 is 5.97 Å². The zero-order valence-electron chi connectivity index (χ0n) is 7.69. The van der Waals surface area contributed by atoms with Crippen LogP contribution >= 0.6 is 15.9 Å².